The Morgan fingerprint density at radius 1 is 1.12 bits per heavy atom. The number of ether oxygens (including phenoxy) is 1. The average molecular weight is 332 g/mol. The zero-order chi connectivity index (χ0) is 17.5. The number of likely N-dealkylation sites (tertiary alicyclic amines) is 1. The van der Waals surface area contributed by atoms with Crippen molar-refractivity contribution >= 4 is 5.69 Å². The van der Waals surface area contributed by atoms with E-state index >= 15 is 0 Å². The molecule has 2 aliphatic rings. The highest BCUT2D eigenvalue weighted by Gasteiger charge is 2.39. The fraction of sp³-hybridized carbons (Fsp3) is 0.684. The Morgan fingerprint density at radius 2 is 1.79 bits per heavy atom. The second kappa shape index (κ2) is 6.36. The molecular weight excluding hydrogens is 304 g/mol. The Balaban J connectivity index is 1.81. The maximum atomic E-state index is 11.4. The van der Waals surface area contributed by atoms with Crippen molar-refractivity contribution in [3.8, 4) is 5.75 Å². The number of hydrogen-bond donors (Lipinski definition) is 0. The summed E-state index contributed by atoms with van der Waals surface area (Å²) in [4.78, 5) is 13.7. The summed E-state index contributed by atoms with van der Waals surface area (Å²) < 4.78 is 6.36. The quantitative estimate of drug-likeness (QED) is 0.615. The summed E-state index contributed by atoms with van der Waals surface area (Å²) >= 11 is 0. The van der Waals surface area contributed by atoms with E-state index in [4.69, 9.17) is 4.74 Å². The van der Waals surface area contributed by atoms with Crippen LogP contribution in [-0.4, -0.2) is 35.1 Å². The van der Waals surface area contributed by atoms with E-state index in [1.165, 1.54) is 32.4 Å². The van der Waals surface area contributed by atoms with Gasteiger partial charge in [0.05, 0.1) is 4.92 Å². The molecule has 0 aromatic heterocycles. The zero-order valence-corrected chi connectivity index (χ0v) is 15.3. The first kappa shape index (κ1) is 17.2. The van der Waals surface area contributed by atoms with Crippen LogP contribution in [0.25, 0.3) is 0 Å². The van der Waals surface area contributed by atoms with Crippen LogP contribution in [-0.2, 0) is 6.42 Å². The van der Waals surface area contributed by atoms with Crippen molar-refractivity contribution in [3.63, 3.8) is 0 Å². The number of benzene rings is 1. The molecule has 1 unspecified atom stereocenters. The highest BCUT2D eigenvalue weighted by Crippen LogP contribution is 2.46. The Hall–Kier alpha value is -1.62. The predicted molar refractivity (Wildman–Crippen MR) is 95.0 cm³/mol. The van der Waals surface area contributed by atoms with Crippen molar-refractivity contribution < 1.29 is 9.66 Å². The third-order valence-electron chi connectivity index (χ3n) is 5.83. The molecule has 5 nitrogen and oxygen atoms in total. The van der Waals surface area contributed by atoms with Gasteiger partial charge >= 0.3 is 0 Å². The van der Waals surface area contributed by atoms with Gasteiger partial charge in [0, 0.05) is 35.2 Å². The number of hydrogen-bond acceptors (Lipinski definition) is 4. The topological polar surface area (TPSA) is 55.6 Å². The Labute approximate surface area is 144 Å². The number of piperidine rings is 1. The van der Waals surface area contributed by atoms with Gasteiger partial charge in [0.25, 0.3) is 5.69 Å². The molecule has 24 heavy (non-hydrogen) atoms. The van der Waals surface area contributed by atoms with Crippen LogP contribution < -0.4 is 4.74 Å². The maximum Gasteiger partial charge on any atom is 0.275 e. The fourth-order valence-electron chi connectivity index (χ4n) is 4.17. The van der Waals surface area contributed by atoms with Crippen LogP contribution in [0.3, 0.4) is 0 Å². The molecule has 1 aromatic carbocycles. The SMILES string of the molecule is Cc1c(C)c([N+](=O)[O-])c(C)c2c1OC(C)(CCN1CCCCC1)C2. The molecule has 1 atom stereocenters. The van der Waals surface area contributed by atoms with Crippen molar-refractivity contribution in [2.24, 2.45) is 0 Å². The van der Waals surface area contributed by atoms with Gasteiger partial charge in [-0.2, -0.15) is 0 Å². The molecule has 132 valence electrons. The summed E-state index contributed by atoms with van der Waals surface area (Å²) in [5.41, 5.74) is 3.47. The van der Waals surface area contributed by atoms with E-state index in [1.807, 2.05) is 20.8 Å². The highest BCUT2D eigenvalue weighted by atomic mass is 16.6. The lowest BCUT2D eigenvalue weighted by Crippen LogP contribution is -2.38. The largest absolute Gasteiger partial charge is 0.487 e. The molecule has 2 aliphatic heterocycles. The molecule has 0 N–H and O–H groups in total. The molecule has 2 heterocycles. The first-order chi connectivity index (χ1) is 11.3. The summed E-state index contributed by atoms with van der Waals surface area (Å²) in [5, 5.41) is 11.4. The van der Waals surface area contributed by atoms with E-state index in [-0.39, 0.29) is 16.2 Å². The number of nitrogens with zero attached hydrogens (tertiary/aromatic N) is 2. The summed E-state index contributed by atoms with van der Waals surface area (Å²) in [7, 11) is 0. The molecule has 1 saturated heterocycles. The lowest BCUT2D eigenvalue weighted by atomic mass is 9.90. The Morgan fingerprint density at radius 3 is 2.42 bits per heavy atom. The summed E-state index contributed by atoms with van der Waals surface area (Å²) in [6.45, 7) is 11.2. The second-order valence-corrected chi connectivity index (χ2v) is 7.67. The van der Waals surface area contributed by atoms with E-state index in [2.05, 4.69) is 11.8 Å². The summed E-state index contributed by atoms with van der Waals surface area (Å²) in [6, 6.07) is 0. The van der Waals surface area contributed by atoms with E-state index in [0.717, 1.165) is 47.4 Å². The van der Waals surface area contributed by atoms with Gasteiger partial charge in [-0.15, -0.1) is 0 Å². The van der Waals surface area contributed by atoms with Crippen LogP contribution in [0.2, 0.25) is 0 Å². The minimum atomic E-state index is -0.253. The van der Waals surface area contributed by atoms with Gasteiger partial charge in [-0.05, 0) is 60.0 Å². The molecule has 0 amide bonds. The van der Waals surface area contributed by atoms with Crippen molar-refractivity contribution in [2.45, 2.75) is 65.4 Å². The maximum absolute atomic E-state index is 11.4. The van der Waals surface area contributed by atoms with Crippen LogP contribution in [0.1, 0.15) is 54.9 Å². The second-order valence-electron chi connectivity index (χ2n) is 7.67. The van der Waals surface area contributed by atoms with Crippen molar-refractivity contribution in [2.75, 3.05) is 19.6 Å². The van der Waals surface area contributed by atoms with Gasteiger partial charge in [0.2, 0.25) is 0 Å². The fourth-order valence-corrected chi connectivity index (χ4v) is 4.17. The molecular formula is C19H28N2O3. The van der Waals surface area contributed by atoms with Crippen LogP contribution in [0.15, 0.2) is 0 Å². The molecule has 1 aromatic rings. The van der Waals surface area contributed by atoms with Gasteiger partial charge in [-0.3, -0.25) is 10.1 Å². The van der Waals surface area contributed by atoms with Crippen LogP contribution >= 0.6 is 0 Å². The molecule has 0 bridgehead atoms. The Kier molecular flexibility index (Phi) is 4.56. The number of nitro benzene ring substituents is 1. The van der Waals surface area contributed by atoms with Gasteiger partial charge in [0.1, 0.15) is 11.4 Å². The molecule has 1 fully saturated rings. The first-order valence-electron chi connectivity index (χ1n) is 9.01. The van der Waals surface area contributed by atoms with Gasteiger partial charge in [-0.25, -0.2) is 0 Å². The predicted octanol–water partition coefficient (Wildman–Crippen LogP) is 4.09. The number of fused-ring (bicyclic) bond motifs is 1. The monoisotopic (exact) mass is 332 g/mol. The van der Waals surface area contributed by atoms with Gasteiger partial charge < -0.3 is 9.64 Å². The highest BCUT2D eigenvalue weighted by molar-refractivity contribution is 5.63. The number of nitro groups is 1. The van der Waals surface area contributed by atoms with Gasteiger partial charge in [0.15, 0.2) is 0 Å². The standard InChI is InChI=1S/C19H28N2O3/c1-13-14(2)18-16(15(3)17(13)21(22)23)12-19(4,24-18)8-11-20-9-6-5-7-10-20/h5-12H2,1-4H3. The molecule has 5 heteroatoms. The normalized spacial score (nSPS) is 23.8. The summed E-state index contributed by atoms with van der Waals surface area (Å²) in [6.07, 6.45) is 5.66. The zero-order valence-electron chi connectivity index (χ0n) is 15.3. The molecule has 0 radical (unpaired) electrons. The van der Waals surface area contributed by atoms with E-state index < -0.39 is 0 Å². The van der Waals surface area contributed by atoms with E-state index in [9.17, 15) is 10.1 Å². The smallest absolute Gasteiger partial charge is 0.275 e. The summed E-state index contributed by atoms with van der Waals surface area (Å²) in [5.74, 6) is 0.886. The van der Waals surface area contributed by atoms with Crippen molar-refractivity contribution in [3.05, 3.63) is 32.4 Å². The van der Waals surface area contributed by atoms with E-state index in [0.29, 0.717) is 0 Å². The third kappa shape index (κ3) is 3.02. The molecule has 3 rings (SSSR count). The minimum Gasteiger partial charge on any atom is -0.487 e. The third-order valence-corrected chi connectivity index (χ3v) is 5.83. The van der Waals surface area contributed by atoms with Crippen molar-refractivity contribution in [1.29, 1.82) is 0 Å². The van der Waals surface area contributed by atoms with Crippen molar-refractivity contribution in [1.82, 2.24) is 4.90 Å². The van der Waals surface area contributed by atoms with Gasteiger partial charge in [-0.1, -0.05) is 6.42 Å². The van der Waals surface area contributed by atoms with Crippen LogP contribution in [0.5, 0.6) is 5.75 Å². The average Bonchev–Trinajstić information content (AvgIpc) is 2.91. The van der Waals surface area contributed by atoms with E-state index in [1.54, 1.807) is 0 Å². The van der Waals surface area contributed by atoms with Crippen LogP contribution in [0, 0.1) is 30.9 Å². The lowest BCUT2D eigenvalue weighted by molar-refractivity contribution is -0.386. The first-order valence-corrected chi connectivity index (χ1v) is 9.01. The minimum absolute atomic E-state index is 0.249. The lowest BCUT2D eigenvalue weighted by Gasteiger charge is -2.31. The Bertz CT molecular complexity index is 665. The number of rotatable bonds is 4. The van der Waals surface area contributed by atoms with Crippen LogP contribution in [0.4, 0.5) is 5.69 Å². The molecule has 0 saturated carbocycles. The molecule has 0 aliphatic carbocycles. The molecule has 0 spiro atoms.